The molecule has 6 nitrogen and oxygen atoms in total. The Hall–Kier alpha value is -2.93. The summed E-state index contributed by atoms with van der Waals surface area (Å²) in [5.74, 6) is 1.99. The van der Waals surface area contributed by atoms with Crippen molar-refractivity contribution in [3.8, 4) is 0 Å². The van der Waals surface area contributed by atoms with Gasteiger partial charge in [0.15, 0.2) is 12.0 Å². The van der Waals surface area contributed by atoms with E-state index >= 15 is 0 Å². The van der Waals surface area contributed by atoms with Crippen LogP contribution >= 0.6 is 11.8 Å². The predicted molar refractivity (Wildman–Crippen MR) is 110 cm³/mol. The molecule has 0 aromatic heterocycles. The van der Waals surface area contributed by atoms with Crippen LogP contribution in [0.25, 0.3) is 5.76 Å². The smallest absolute Gasteiger partial charge is 0.274 e. The molecule has 2 aromatic carbocycles. The van der Waals surface area contributed by atoms with Crippen molar-refractivity contribution in [2.24, 2.45) is 0 Å². The Kier molecular flexibility index (Phi) is 5.25. The van der Waals surface area contributed by atoms with Crippen molar-refractivity contribution in [2.45, 2.75) is 13.2 Å². The van der Waals surface area contributed by atoms with E-state index < -0.39 is 6.23 Å². The highest BCUT2D eigenvalue weighted by atomic mass is 32.2. The highest BCUT2D eigenvalue weighted by molar-refractivity contribution is 7.99. The van der Waals surface area contributed by atoms with Gasteiger partial charge >= 0.3 is 0 Å². The van der Waals surface area contributed by atoms with Crippen LogP contribution in [-0.2, 0) is 14.3 Å². The lowest BCUT2D eigenvalue weighted by molar-refractivity contribution is -0.126. The van der Waals surface area contributed by atoms with Gasteiger partial charge in [0.05, 0.1) is 5.88 Å². The number of anilines is 1. The Morgan fingerprint density at radius 2 is 1.89 bits per heavy atom. The van der Waals surface area contributed by atoms with Gasteiger partial charge in [-0.2, -0.15) is 0 Å². The number of ether oxygens (including phenoxy) is 1. The third kappa shape index (κ3) is 3.84. The van der Waals surface area contributed by atoms with E-state index in [2.05, 4.69) is 10.6 Å². The Balaban J connectivity index is 1.65. The Labute approximate surface area is 167 Å². The fraction of sp³-hybridized carbons (Fsp3) is 0.238. The molecule has 1 saturated heterocycles. The zero-order valence-corrected chi connectivity index (χ0v) is 16.3. The molecule has 2 aliphatic rings. The van der Waals surface area contributed by atoms with Crippen molar-refractivity contribution in [2.75, 3.05) is 23.5 Å². The largest absolute Gasteiger partial charge is 0.463 e. The number of nitrogens with zero attached hydrogens (tertiary/aromatic N) is 1. The van der Waals surface area contributed by atoms with E-state index in [1.165, 1.54) is 6.92 Å². The van der Waals surface area contributed by atoms with E-state index in [0.29, 0.717) is 23.0 Å². The highest BCUT2D eigenvalue weighted by Crippen LogP contribution is 2.35. The summed E-state index contributed by atoms with van der Waals surface area (Å²) in [6.07, 6.45) is -0.416. The molecule has 2 amide bonds. The lowest BCUT2D eigenvalue weighted by atomic mass is 10.1. The van der Waals surface area contributed by atoms with Gasteiger partial charge in [0, 0.05) is 36.0 Å². The predicted octanol–water partition coefficient (Wildman–Crippen LogP) is 3.17. The average molecular weight is 395 g/mol. The SMILES string of the molecule is CC(=O)Nc1ccc(C2=C(C(=O)N3CCSC3)NC(c3ccccc3)O2)cc1. The maximum atomic E-state index is 13.1. The maximum absolute atomic E-state index is 13.1. The number of carbonyl (C=O) groups is 2. The number of thioether (sulfide) groups is 1. The quantitative estimate of drug-likeness (QED) is 0.832. The van der Waals surface area contributed by atoms with Crippen LogP contribution in [0.2, 0.25) is 0 Å². The second kappa shape index (κ2) is 7.98. The third-order valence-corrected chi connectivity index (χ3v) is 5.53. The number of hydrogen-bond acceptors (Lipinski definition) is 5. The van der Waals surface area contributed by atoms with Crippen molar-refractivity contribution in [1.29, 1.82) is 0 Å². The summed E-state index contributed by atoms with van der Waals surface area (Å²) < 4.78 is 6.17. The van der Waals surface area contributed by atoms with Crippen molar-refractivity contribution in [3.63, 3.8) is 0 Å². The Morgan fingerprint density at radius 3 is 2.54 bits per heavy atom. The van der Waals surface area contributed by atoms with Crippen LogP contribution in [0.1, 0.15) is 24.3 Å². The number of nitrogens with one attached hydrogen (secondary N) is 2. The molecule has 1 unspecified atom stereocenters. The molecular weight excluding hydrogens is 374 g/mol. The van der Waals surface area contributed by atoms with E-state index in [1.807, 2.05) is 47.4 Å². The van der Waals surface area contributed by atoms with Crippen molar-refractivity contribution in [1.82, 2.24) is 10.2 Å². The van der Waals surface area contributed by atoms with Gasteiger partial charge in [-0.05, 0) is 24.3 Å². The minimum Gasteiger partial charge on any atom is -0.463 e. The molecule has 4 rings (SSSR count). The van der Waals surface area contributed by atoms with Crippen LogP contribution in [0.5, 0.6) is 0 Å². The molecule has 0 radical (unpaired) electrons. The van der Waals surface area contributed by atoms with E-state index in [0.717, 1.165) is 23.4 Å². The fourth-order valence-electron chi connectivity index (χ4n) is 3.19. The molecule has 2 aliphatic heterocycles. The molecule has 1 fully saturated rings. The molecule has 0 spiro atoms. The summed E-state index contributed by atoms with van der Waals surface area (Å²) in [6.45, 7) is 2.20. The molecular formula is C21H21N3O3S. The molecule has 144 valence electrons. The minimum atomic E-state index is -0.416. The van der Waals surface area contributed by atoms with Crippen LogP contribution in [0.3, 0.4) is 0 Å². The van der Waals surface area contributed by atoms with Gasteiger partial charge < -0.3 is 20.3 Å². The van der Waals surface area contributed by atoms with Gasteiger partial charge in [0.1, 0.15) is 5.70 Å². The minimum absolute atomic E-state index is 0.0515. The van der Waals surface area contributed by atoms with Crippen molar-refractivity contribution < 1.29 is 14.3 Å². The van der Waals surface area contributed by atoms with Gasteiger partial charge in [0.2, 0.25) is 5.91 Å². The molecule has 2 heterocycles. The number of rotatable bonds is 4. The van der Waals surface area contributed by atoms with Crippen LogP contribution in [0.4, 0.5) is 5.69 Å². The van der Waals surface area contributed by atoms with Crippen LogP contribution in [0, 0.1) is 0 Å². The van der Waals surface area contributed by atoms with Crippen LogP contribution < -0.4 is 10.6 Å². The molecule has 0 aliphatic carbocycles. The van der Waals surface area contributed by atoms with Gasteiger partial charge in [-0.25, -0.2) is 0 Å². The first-order valence-corrected chi connectivity index (χ1v) is 10.2. The summed E-state index contributed by atoms with van der Waals surface area (Å²) in [7, 11) is 0. The van der Waals surface area contributed by atoms with E-state index in [4.69, 9.17) is 4.74 Å². The number of amides is 2. The Bertz CT molecular complexity index is 906. The van der Waals surface area contributed by atoms with E-state index in [9.17, 15) is 9.59 Å². The summed E-state index contributed by atoms with van der Waals surface area (Å²) in [5, 5.41) is 6.01. The maximum Gasteiger partial charge on any atom is 0.274 e. The lowest BCUT2D eigenvalue weighted by Gasteiger charge is -2.16. The second-order valence-electron chi connectivity index (χ2n) is 6.62. The van der Waals surface area contributed by atoms with Crippen molar-refractivity contribution >= 4 is 35.0 Å². The van der Waals surface area contributed by atoms with Crippen molar-refractivity contribution in [3.05, 3.63) is 71.4 Å². The number of hydrogen-bond donors (Lipinski definition) is 2. The number of carbonyl (C=O) groups excluding carboxylic acids is 2. The molecule has 2 N–H and O–H groups in total. The highest BCUT2D eigenvalue weighted by Gasteiger charge is 2.34. The first kappa shape index (κ1) is 18.4. The zero-order valence-electron chi connectivity index (χ0n) is 15.5. The third-order valence-electron chi connectivity index (χ3n) is 4.56. The second-order valence-corrected chi connectivity index (χ2v) is 7.70. The molecule has 7 heteroatoms. The molecule has 0 saturated carbocycles. The molecule has 1 atom stereocenters. The average Bonchev–Trinajstić information content (AvgIpc) is 3.39. The first-order valence-electron chi connectivity index (χ1n) is 9.09. The standard InChI is InChI=1S/C21H21N3O3S/c1-14(25)22-17-9-7-15(8-10-17)19-18(21(26)24-11-12-28-13-24)23-20(27-19)16-5-3-2-4-6-16/h2-10,20,23H,11-13H2,1H3,(H,22,25). The lowest BCUT2D eigenvalue weighted by Crippen LogP contribution is -2.34. The topological polar surface area (TPSA) is 70.7 Å². The van der Waals surface area contributed by atoms with E-state index in [1.54, 1.807) is 23.9 Å². The van der Waals surface area contributed by atoms with Crippen LogP contribution in [0.15, 0.2) is 60.3 Å². The van der Waals surface area contributed by atoms with Gasteiger partial charge in [-0.1, -0.05) is 30.3 Å². The fourth-order valence-corrected chi connectivity index (χ4v) is 4.14. The molecule has 0 bridgehead atoms. The number of benzene rings is 2. The summed E-state index contributed by atoms with van der Waals surface area (Å²) in [6, 6.07) is 17.1. The van der Waals surface area contributed by atoms with Gasteiger partial charge in [-0.3, -0.25) is 9.59 Å². The van der Waals surface area contributed by atoms with Gasteiger partial charge in [-0.15, -0.1) is 11.8 Å². The first-order chi connectivity index (χ1) is 13.6. The van der Waals surface area contributed by atoms with Crippen LogP contribution in [-0.4, -0.2) is 34.9 Å². The summed E-state index contributed by atoms with van der Waals surface area (Å²) >= 11 is 1.74. The molecule has 2 aromatic rings. The zero-order chi connectivity index (χ0) is 19.5. The normalized spacial score (nSPS) is 18.6. The monoisotopic (exact) mass is 395 g/mol. The molecule has 28 heavy (non-hydrogen) atoms. The Morgan fingerprint density at radius 1 is 1.14 bits per heavy atom. The summed E-state index contributed by atoms with van der Waals surface area (Å²) in [4.78, 5) is 26.1. The van der Waals surface area contributed by atoms with Gasteiger partial charge in [0.25, 0.3) is 5.91 Å². The summed E-state index contributed by atoms with van der Waals surface area (Å²) in [5.41, 5.74) is 2.92. The van der Waals surface area contributed by atoms with E-state index in [-0.39, 0.29) is 11.8 Å².